The highest BCUT2D eigenvalue weighted by Crippen LogP contribution is 2.61. The molecule has 39 heavy (non-hydrogen) atoms. The summed E-state index contributed by atoms with van der Waals surface area (Å²) in [7, 11) is 0. The van der Waals surface area contributed by atoms with Gasteiger partial charge in [-0.2, -0.15) is 0 Å². The van der Waals surface area contributed by atoms with Crippen LogP contribution in [0.3, 0.4) is 0 Å². The zero-order valence-corrected chi connectivity index (χ0v) is 24.8. The summed E-state index contributed by atoms with van der Waals surface area (Å²) in [5.41, 5.74) is 1.98. The Morgan fingerprint density at radius 2 is 1.85 bits per heavy atom. The maximum atomic E-state index is 13.1. The van der Waals surface area contributed by atoms with Crippen LogP contribution in [-0.4, -0.2) is 38.5 Å². The van der Waals surface area contributed by atoms with Gasteiger partial charge >= 0.3 is 5.97 Å². The van der Waals surface area contributed by atoms with Gasteiger partial charge < -0.3 is 14.6 Å². The van der Waals surface area contributed by atoms with Crippen LogP contribution in [0.5, 0.6) is 0 Å². The van der Waals surface area contributed by atoms with E-state index in [4.69, 9.17) is 4.74 Å². The van der Waals surface area contributed by atoms with Crippen molar-refractivity contribution in [2.45, 2.75) is 102 Å². The van der Waals surface area contributed by atoms with Crippen LogP contribution in [0.2, 0.25) is 0 Å². The first-order chi connectivity index (χ1) is 18.8. The maximum absolute atomic E-state index is 13.1. The first kappa shape index (κ1) is 27.1. The monoisotopic (exact) mass is 568 g/mol. The molecule has 2 heterocycles. The predicted octanol–water partition coefficient (Wildman–Crippen LogP) is 6.46. The zero-order valence-electron chi connectivity index (χ0n) is 23.2. The minimum atomic E-state index is -0.340. The van der Waals surface area contributed by atoms with Crippen molar-refractivity contribution in [1.29, 1.82) is 0 Å². The first-order valence-corrected chi connectivity index (χ1v) is 16.4. The lowest BCUT2D eigenvalue weighted by Crippen LogP contribution is -2.47. The molecule has 0 aliphatic heterocycles. The number of allylic oxidation sites excluding steroid dienone is 1. The number of ether oxygens (including phenoxy) is 1. The van der Waals surface area contributed by atoms with E-state index in [9.17, 15) is 9.59 Å². The number of hydrogen-bond acceptors (Lipinski definition) is 7. The lowest BCUT2D eigenvalue weighted by molar-refractivity contribution is -0.113. The third-order valence-corrected chi connectivity index (χ3v) is 11.3. The highest BCUT2D eigenvalue weighted by Gasteiger charge is 2.51. The van der Waals surface area contributed by atoms with E-state index < -0.39 is 0 Å². The van der Waals surface area contributed by atoms with E-state index in [-0.39, 0.29) is 23.7 Å². The molecule has 0 spiro atoms. The van der Waals surface area contributed by atoms with Crippen molar-refractivity contribution >= 4 is 40.0 Å². The Labute approximate surface area is 239 Å². The molecule has 9 heteroatoms. The predicted molar refractivity (Wildman–Crippen MR) is 155 cm³/mol. The Morgan fingerprint density at radius 1 is 1.15 bits per heavy atom. The lowest BCUT2D eigenvalue weighted by Gasteiger charge is -2.56. The number of esters is 1. The van der Waals surface area contributed by atoms with Gasteiger partial charge in [-0.25, -0.2) is 4.79 Å². The van der Waals surface area contributed by atoms with Crippen molar-refractivity contribution in [3.63, 3.8) is 0 Å². The number of carbonyl (C=O) groups is 2. The van der Waals surface area contributed by atoms with Crippen LogP contribution in [0.4, 0.5) is 5.00 Å². The average Bonchev–Trinajstić information content (AvgIpc) is 3.41. The molecule has 7 rings (SSSR count). The Bertz CT molecular complexity index is 1230. The third kappa shape index (κ3) is 5.58. The molecule has 5 aliphatic carbocycles. The zero-order chi connectivity index (χ0) is 27.1. The minimum absolute atomic E-state index is 0.145. The van der Waals surface area contributed by atoms with Crippen LogP contribution in [0, 0.1) is 23.2 Å². The second-order valence-electron chi connectivity index (χ2n) is 12.6. The summed E-state index contributed by atoms with van der Waals surface area (Å²) < 4.78 is 7.69. The SMILES string of the molecule is C=CCn1c(CC23CC4CC(CC(C4)C2)C3)nnc1SCC(=O)Nc1sc2c(c1C(=O)OC(C)C)CCCC2. The molecule has 7 nitrogen and oxygen atoms in total. The minimum Gasteiger partial charge on any atom is -0.459 e. The summed E-state index contributed by atoms with van der Waals surface area (Å²) in [5.74, 6) is 3.44. The molecule has 4 saturated carbocycles. The van der Waals surface area contributed by atoms with Crippen LogP contribution < -0.4 is 5.32 Å². The summed E-state index contributed by atoms with van der Waals surface area (Å²) in [6.07, 6.45) is 14.9. The van der Waals surface area contributed by atoms with E-state index in [1.54, 1.807) is 0 Å². The second kappa shape index (κ2) is 11.0. The number of carbonyl (C=O) groups excluding carboxylic acids is 2. The summed E-state index contributed by atoms with van der Waals surface area (Å²) >= 11 is 2.93. The Hall–Kier alpha value is -2.13. The average molecular weight is 569 g/mol. The number of aromatic nitrogens is 3. The fourth-order valence-electron chi connectivity index (χ4n) is 8.15. The number of nitrogens with zero attached hydrogens (tertiary/aromatic N) is 3. The quantitative estimate of drug-likeness (QED) is 0.201. The number of fused-ring (bicyclic) bond motifs is 1. The number of thiophene rings is 1. The molecular formula is C30H40N4O3S2. The molecule has 5 aliphatic rings. The Morgan fingerprint density at radius 3 is 2.51 bits per heavy atom. The van der Waals surface area contributed by atoms with E-state index in [1.165, 1.54) is 66.5 Å². The second-order valence-corrected chi connectivity index (χ2v) is 14.6. The van der Waals surface area contributed by atoms with E-state index in [2.05, 4.69) is 26.7 Å². The molecular weight excluding hydrogens is 528 g/mol. The number of thioether (sulfide) groups is 1. The van der Waals surface area contributed by atoms with Gasteiger partial charge in [0.2, 0.25) is 5.91 Å². The third-order valence-electron chi connectivity index (χ3n) is 9.11. The van der Waals surface area contributed by atoms with Crippen LogP contribution in [0.1, 0.15) is 91.8 Å². The van der Waals surface area contributed by atoms with Gasteiger partial charge in [-0.3, -0.25) is 4.79 Å². The molecule has 4 fully saturated rings. The lowest BCUT2D eigenvalue weighted by atomic mass is 9.49. The Balaban J connectivity index is 1.14. The fourth-order valence-corrected chi connectivity index (χ4v) is 10.2. The van der Waals surface area contributed by atoms with Crippen molar-refractivity contribution < 1.29 is 14.3 Å². The van der Waals surface area contributed by atoms with Crippen LogP contribution in [0.15, 0.2) is 17.8 Å². The fraction of sp³-hybridized carbons (Fsp3) is 0.667. The van der Waals surface area contributed by atoms with Crippen molar-refractivity contribution in [1.82, 2.24) is 14.8 Å². The van der Waals surface area contributed by atoms with Crippen molar-refractivity contribution in [3.8, 4) is 0 Å². The highest BCUT2D eigenvalue weighted by molar-refractivity contribution is 7.99. The molecule has 0 aromatic carbocycles. The van der Waals surface area contributed by atoms with Gasteiger partial charge in [0.05, 0.1) is 17.4 Å². The topological polar surface area (TPSA) is 86.1 Å². The number of hydrogen-bond donors (Lipinski definition) is 1. The molecule has 210 valence electrons. The smallest absolute Gasteiger partial charge is 0.341 e. The molecule has 2 aromatic rings. The number of amides is 1. The number of aryl methyl sites for hydroxylation is 1. The molecule has 0 radical (unpaired) electrons. The highest BCUT2D eigenvalue weighted by atomic mass is 32.2. The van der Waals surface area contributed by atoms with Gasteiger partial charge in [-0.05, 0) is 107 Å². The number of nitrogens with one attached hydrogen (secondary N) is 1. The van der Waals surface area contributed by atoms with Crippen LogP contribution in [-0.2, 0) is 35.3 Å². The number of anilines is 1. The van der Waals surface area contributed by atoms with Gasteiger partial charge in [0, 0.05) is 17.8 Å². The summed E-state index contributed by atoms with van der Waals surface area (Å²) in [6.45, 7) is 8.31. The molecule has 1 amide bonds. The summed E-state index contributed by atoms with van der Waals surface area (Å²) in [4.78, 5) is 27.3. The van der Waals surface area contributed by atoms with E-state index in [0.29, 0.717) is 22.5 Å². The van der Waals surface area contributed by atoms with Crippen LogP contribution in [0.25, 0.3) is 0 Å². The van der Waals surface area contributed by atoms with E-state index in [0.717, 1.165) is 66.4 Å². The van der Waals surface area contributed by atoms with Crippen molar-refractivity contribution in [3.05, 3.63) is 34.5 Å². The standard InChI is InChI=1S/C30H40N4O3S2/c1-4-9-34-24(16-30-13-19-10-20(14-30)12-21(11-19)15-30)32-33-29(34)38-17-25(35)31-27-26(28(36)37-18(2)3)22-7-5-6-8-23(22)39-27/h4,18-21H,1,5-17H2,2-3H3,(H,31,35). The Kier molecular flexibility index (Phi) is 7.66. The van der Waals surface area contributed by atoms with Gasteiger partial charge in [0.15, 0.2) is 5.16 Å². The van der Waals surface area contributed by atoms with E-state index >= 15 is 0 Å². The van der Waals surface area contributed by atoms with Gasteiger partial charge in [0.1, 0.15) is 10.8 Å². The molecule has 0 saturated heterocycles. The molecule has 4 bridgehead atoms. The van der Waals surface area contributed by atoms with E-state index in [1.807, 2.05) is 19.9 Å². The molecule has 0 unspecified atom stereocenters. The first-order valence-electron chi connectivity index (χ1n) is 14.6. The molecule has 2 aromatic heterocycles. The summed E-state index contributed by atoms with van der Waals surface area (Å²) in [6, 6.07) is 0. The van der Waals surface area contributed by atoms with Crippen LogP contribution >= 0.6 is 23.1 Å². The van der Waals surface area contributed by atoms with Gasteiger partial charge in [-0.15, -0.1) is 28.1 Å². The normalized spacial score (nSPS) is 27.0. The van der Waals surface area contributed by atoms with Gasteiger partial charge in [0.25, 0.3) is 0 Å². The van der Waals surface area contributed by atoms with Crippen molar-refractivity contribution in [2.24, 2.45) is 23.2 Å². The summed E-state index contributed by atoms with van der Waals surface area (Å²) in [5, 5.41) is 13.6. The number of rotatable bonds is 10. The van der Waals surface area contributed by atoms with Gasteiger partial charge in [-0.1, -0.05) is 17.8 Å². The maximum Gasteiger partial charge on any atom is 0.341 e. The van der Waals surface area contributed by atoms with Crippen molar-refractivity contribution in [2.75, 3.05) is 11.1 Å². The molecule has 1 N–H and O–H groups in total. The largest absolute Gasteiger partial charge is 0.459 e. The molecule has 0 atom stereocenters.